The maximum atomic E-state index is 2.35. The molecule has 20 heavy (non-hydrogen) atoms. The average molecular weight is 277 g/mol. The summed E-state index contributed by atoms with van der Waals surface area (Å²) in [6.07, 6.45) is 23.2. The normalized spacial score (nSPS) is 29.2. The van der Waals surface area contributed by atoms with Gasteiger partial charge in [-0.1, -0.05) is 51.9 Å². The minimum Gasteiger partial charge on any atom is -0.0654 e. The summed E-state index contributed by atoms with van der Waals surface area (Å²) in [6.45, 7) is 2.35. The van der Waals surface area contributed by atoms with Gasteiger partial charge in [-0.25, -0.2) is 0 Å². The minimum atomic E-state index is 0.815. The number of hydrogen-bond acceptors (Lipinski definition) is 0. The largest absolute Gasteiger partial charge is 0.0654 e. The highest BCUT2D eigenvalue weighted by Gasteiger charge is 2.47. The van der Waals surface area contributed by atoms with Crippen molar-refractivity contribution in [2.24, 2.45) is 23.2 Å². The topological polar surface area (TPSA) is 0 Å². The molecular weight excluding hydrogens is 240 g/mol. The van der Waals surface area contributed by atoms with Crippen molar-refractivity contribution in [2.45, 2.75) is 103 Å². The molecule has 116 valence electrons. The lowest BCUT2D eigenvalue weighted by atomic mass is 9.56. The van der Waals surface area contributed by atoms with Crippen LogP contribution in [0.3, 0.4) is 0 Å². The molecule has 0 aromatic carbocycles. The van der Waals surface area contributed by atoms with Gasteiger partial charge >= 0.3 is 0 Å². The highest BCUT2D eigenvalue weighted by Crippen LogP contribution is 2.58. The minimum absolute atomic E-state index is 0.815. The van der Waals surface area contributed by atoms with Gasteiger partial charge in [0.15, 0.2) is 0 Å². The molecule has 0 heterocycles. The second-order valence-corrected chi connectivity index (χ2v) is 8.28. The Bertz CT molecular complexity index is 254. The molecular formula is C20H36. The van der Waals surface area contributed by atoms with E-state index in [1.165, 1.54) is 19.3 Å². The molecule has 0 radical (unpaired) electrons. The SMILES string of the molecule is CCCCC1CCC(C2CCCC2)(C2CCCC2)CC1. The van der Waals surface area contributed by atoms with E-state index < -0.39 is 0 Å². The summed E-state index contributed by atoms with van der Waals surface area (Å²) in [5, 5.41) is 0. The van der Waals surface area contributed by atoms with Crippen molar-refractivity contribution in [1.29, 1.82) is 0 Å². The van der Waals surface area contributed by atoms with Crippen LogP contribution in [0.25, 0.3) is 0 Å². The van der Waals surface area contributed by atoms with Gasteiger partial charge in [-0.15, -0.1) is 0 Å². The monoisotopic (exact) mass is 276 g/mol. The zero-order valence-corrected chi connectivity index (χ0v) is 13.8. The fraction of sp³-hybridized carbons (Fsp3) is 1.00. The number of hydrogen-bond donors (Lipinski definition) is 0. The first-order valence-corrected chi connectivity index (χ1v) is 9.85. The maximum absolute atomic E-state index is 2.35. The Morgan fingerprint density at radius 1 is 0.750 bits per heavy atom. The van der Waals surface area contributed by atoms with E-state index in [2.05, 4.69) is 6.92 Å². The summed E-state index contributed by atoms with van der Waals surface area (Å²) in [5.74, 6) is 3.33. The molecule has 0 unspecified atom stereocenters. The van der Waals surface area contributed by atoms with E-state index in [1.54, 1.807) is 77.0 Å². The van der Waals surface area contributed by atoms with Gasteiger partial charge in [0, 0.05) is 0 Å². The molecule has 3 aliphatic rings. The smallest absolute Gasteiger partial charge is 0.0241 e. The standard InChI is InChI=1S/C20H36/c1-2-3-8-17-13-15-20(16-14-17,18-9-4-5-10-18)19-11-6-7-12-19/h17-19H,2-16H2,1H3. The summed E-state index contributed by atoms with van der Waals surface area (Å²) < 4.78 is 0. The lowest BCUT2D eigenvalue weighted by Crippen LogP contribution is -2.39. The molecule has 3 fully saturated rings. The highest BCUT2D eigenvalue weighted by molar-refractivity contribution is 4.98. The van der Waals surface area contributed by atoms with Gasteiger partial charge in [-0.2, -0.15) is 0 Å². The van der Waals surface area contributed by atoms with E-state index in [4.69, 9.17) is 0 Å². The highest BCUT2D eigenvalue weighted by atomic mass is 14.5. The molecule has 3 aliphatic carbocycles. The molecule has 0 amide bonds. The number of rotatable bonds is 5. The predicted molar refractivity (Wildman–Crippen MR) is 87.8 cm³/mol. The van der Waals surface area contributed by atoms with Crippen molar-refractivity contribution in [2.75, 3.05) is 0 Å². The Balaban J connectivity index is 1.65. The van der Waals surface area contributed by atoms with Crippen molar-refractivity contribution < 1.29 is 0 Å². The van der Waals surface area contributed by atoms with Crippen LogP contribution in [0.2, 0.25) is 0 Å². The summed E-state index contributed by atoms with van der Waals surface area (Å²) in [4.78, 5) is 0. The first-order valence-electron chi connectivity index (χ1n) is 9.85. The predicted octanol–water partition coefficient (Wildman–Crippen LogP) is 6.73. The summed E-state index contributed by atoms with van der Waals surface area (Å²) in [6, 6.07) is 0. The molecule has 0 nitrogen and oxygen atoms in total. The van der Waals surface area contributed by atoms with Crippen LogP contribution in [0.1, 0.15) is 103 Å². The van der Waals surface area contributed by atoms with E-state index in [1.807, 2.05) is 0 Å². The van der Waals surface area contributed by atoms with Gasteiger partial charge in [0.25, 0.3) is 0 Å². The van der Waals surface area contributed by atoms with Crippen LogP contribution >= 0.6 is 0 Å². The van der Waals surface area contributed by atoms with Crippen LogP contribution in [0, 0.1) is 23.2 Å². The molecule has 0 aliphatic heterocycles. The van der Waals surface area contributed by atoms with Crippen LogP contribution in [0.5, 0.6) is 0 Å². The van der Waals surface area contributed by atoms with Crippen molar-refractivity contribution in [3.8, 4) is 0 Å². The Labute approximate surface area is 127 Å². The summed E-state index contributed by atoms with van der Waals surface area (Å²) in [7, 11) is 0. The van der Waals surface area contributed by atoms with Crippen molar-refractivity contribution >= 4 is 0 Å². The van der Waals surface area contributed by atoms with Gasteiger partial charge in [0.2, 0.25) is 0 Å². The lowest BCUT2D eigenvalue weighted by Gasteiger charge is -2.49. The molecule has 0 aromatic heterocycles. The lowest BCUT2D eigenvalue weighted by molar-refractivity contribution is 0.0103. The van der Waals surface area contributed by atoms with Gasteiger partial charge in [0.1, 0.15) is 0 Å². The van der Waals surface area contributed by atoms with Gasteiger partial charge < -0.3 is 0 Å². The molecule has 0 N–H and O–H groups in total. The summed E-state index contributed by atoms with van der Waals surface area (Å²) >= 11 is 0. The third-order valence-electron chi connectivity index (χ3n) is 7.34. The maximum Gasteiger partial charge on any atom is -0.0241 e. The van der Waals surface area contributed by atoms with Crippen molar-refractivity contribution in [1.82, 2.24) is 0 Å². The molecule has 0 aromatic rings. The van der Waals surface area contributed by atoms with E-state index >= 15 is 0 Å². The second kappa shape index (κ2) is 6.84. The zero-order valence-electron chi connectivity index (χ0n) is 13.8. The van der Waals surface area contributed by atoms with E-state index in [-0.39, 0.29) is 0 Å². The van der Waals surface area contributed by atoms with Crippen LogP contribution in [-0.4, -0.2) is 0 Å². The molecule has 0 spiro atoms. The fourth-order valence-electron chi connectivity index (χ4n) is 6.15. The third-order valence-corrected chi connectivity index (χ3v) is 7.34. The Morgan fingerprint density at radius 2 is 1.25 bits per heavy atom. The Hall–Kier alpha value is 0. The molecule has 0 atom stereocenters. The molecule has 0 heteroatoms. The number of unbranched alkanes of at least 4 members (excludes halogenated alkanes) is 1. The first-order chi connectivity index (χ1) is 9.85. The first kappa shape index (κ1) is 14.9. The Morgan fingerprint density at radius 3 is 1.70 bits per heavy atom. The van der Waals surface area contributed by atoms with Crippen molar-refractivity contribution in [3.63, 3.8) is 0 Å². The quantitative estimate of drug-likeness (QED) is 0.522. The van der Waals surface area contributed by atoms with Crippen LogP contribution in [-0.2, 0) is 0 Å². The van der Waals surface area contributed by atoms with E-state index in [9.17, 15) is 0 Å². The Kier molecular flexibility index (Phi) is 5.10. The third kappa shape index (κ3) is 2.95. The zero-order chi connectivity index (χ0) is 13.8. The molecule has 3 saturated carbocycles. The molecule has 3 rings (SSSR count). The van der Waals surface area contributed by atoms with Crippen molar-refractivity contribution in [3.05, 3.63) is 0 Å². The van der Waals surface area contributed by atoms with Gasteiger partial charge in [-0.3, -0.25) is 0 Å². The summed E-state index contributed by atoms with van der Waals surface area (Å²) in [5.41, 5.74) is 0.815. The van der Waals surface area contributed by atoms with Gasteiger partial charge in [-0.05, 0) is 74.5 Å². The van der Waals surface area contributed by atoms with Crippen LogP contribution in [0.4, 0.5) is 0 Å². The fourth-order valence-corrected chi connectivity index (χ4v) is 6.15. The van der Waals surface area contributed by atoms with Crippen LogP contribution < -0.4 is 0 Å². The molecule has 0 bridgehead atoms. The average Bonchev–Trinajstić information content (AvgIpc) is 3.18. The van der Waals surface area contributed by atoms with Gasteiger partial charge in [0.05, 0.1) is 0 Å². The van der Waals surface area contributed by atoms with E-state index in [0.29, 0.717) is 0 Å². The van der Waals surface area contributed by atoms with Crippen LogP contribution in [0.15, 0.2) is 0 Å². The van der Waals surface area contributed by atoms with E-state index in [0.717, 1.165) is 23.2 Å². The second-order valence-electron chi connectivity index (χ2n) is 8.28. The molecule has 0 saturated heterocycles.